The smallest absolute Gasteiger partial charge is 0.349 e. The van der Waals surface area contributed by atoms with E-state index < -0.39 is 23.8 Å². The van der Waals surface area contributed by atoms with E-state index in [1.165, 1.54) is 40.8 Å². The van der Waals surface area contributed by atoms with Gasteiger partial charge in [0.2, 0.25) is 0 Å². The topological polar surface area (TPSA) is 55.4 Å². The molecule has 0 fully saturated rings. The second-order valence-electron chi connectivity index (χ2n) is 6.74. The third kappa shape index (κ3) is 4.68. The maximum Gasteiger partial charge on any atom is 0.349 e. The molecule has 1 aromatic carbocycles. The lowest BCUT2D eigenvalue weighted by atomic mass is 9.87. The molecule has 0 spiro atoms. The minimum absolute atomic E-state index is 0.0817. The van der Waals surface area contributed by atoms with E-state index in [-0.39, 0.29) is 10.7 Å². The quantitative estimate of drug-likeness (QED) is 0.687. The number of esters is 1. The van der Waals surface area contributed by atoms with Crippen molar-refractivity contribution in [1.29, 1.82) is 0 Å². The second kappa shape index (κ2) is 8.40. The number of hydrogen-bond donors (Lipinski definition) is 1. The summed E-state index contributed by atoms with van der Waals surface area (Å²) in [5.41, 5.74) is 1.49. The van der Waals surface area contributed by atoms with Crippen LogP contribution in [0.5, 0.6) is 0 Å². The van der Waals surface area contributed by atoms with Crippen molar-refractivity contribution in [3.05, 3.63) is 50.4 Å². The molecule has 0 unspecified atom stereocenters. The van der Waals surface area contributed by atoms with Crippen LogP contribution in [0.3, 0.4) is 0 Å². The standard InChI is InChI=1S/C20H21ClFNO3S/c1-3-12-4-7-17-13(8-12)9-18(27-17)20(25)26-11(2)19(24)23-16-6-5-14(22)10-15(16)21/h5-6,9-12H,3-4,7-8H2,1-2H3,(H,23,24)/t11-,12-/m1/s1. The normalized spacial score (nSPS) is 17.1. The highest BCUT2D eigenvalue weighted by Crippen LogP contribution is 2.34. The number of aryl methyl sites for hydroxylation is 1. The predicted octanol–water partition coefficient (Wildman–Crippen LogP) is 5.24. The van der Waals surface area contributed by atoms with Gasteiger partial charge in [0, 0.05) is 4.88 Å². The molecule has 0 radical (unpaired) electrons. The van der Waals surface area contributed by atoms with Gasteiger partial charge < -0.3 is 10.1 Å². The summed E-state index contributed by atoms with van der Waals surface area (Å²) in [5, 5.41) is 2.63. The number of ether oxygens (including phenoxy) is 1. The van der Waals surface area contributed by atoms with Crippen molar-refractivity contribution in [1.82, 2.24) is 0 Å². The van der Waals surface area contributed by atoms with E-state index in [0.29, 0.717) is 10.8 Å². The minimum atomic E-state index is -0.999. The molecule has 1 N–H and O–H groups in total. The van der Waals surface area contributed by atoms with Gasteiger partial charge in [0.15, 0.2) is 6.10 Å². The average molecular weight is 410 g/mol. The first-order valence-corrected chi connectivity index (χ1v) is 10.1. The molecule has 0 saturated heterocycles. The Labute approximate surface area is 166 Å². The molecule has 4 nitrogen and oxygen atoms in total. The lowest BCUT2D eigenvalue weighted by molar-refractivity contribution is -0.123. The summed E-state index contributed by atoms with van der Waals surface area (Å²) < 4.78 is 18.4. The van der Waals surface area contributed by atoms with Crippen LogP contribution in [0.2, 0.25) is 5.02 Å². The molecular weight excluding hydrogens is 389 g/mol. The number of carbonyl (C=O) groups is 2. The molecule has 1 amide bonds. The van der Waals surface area contributed by atoms with Crippen LogP contribution in [-0.4, -0.2) is 18.0 Å². The molecule has 0 bridgehead atoms. The summed E-state index contributed by atoms with van der Waals surface area (Å²) >= 11 is 7.35. The van der Waals surface area contributed by atoms with Crippen LogP contribution < -0.4 is 5.32 Å². The number of thiophene rings is 1. The number of carbonyl (C=O) groups excluding carboxylic acids is 2. The third-order valence-corrected chi connectivity index (χ3v) is 6.34. The largest absolute Gasteiger partial charge is 0.448 e. The summed E-state index contributed by atoms with van der Waals surface area (Å²) in [7, 11) is 0. The summed E-state index contributed by atoms with van der Waals surface area (Å²) in [6.45, 7) is 3.68. The molecule has 1 heterocycles. The Morgan fingerprint density at radius 2 is 2.19 bits per heavy atom. The molecule has 27 heavy (non-hydrogen) atoms. The van der Waals surface area contributed by atoms with Crippen LogP contribution >= 0.6 is 22.9 Å². The molecule has 7 heteroatoms. The Bertz CT molecular complexity index is 867. The van der Waals surface area contributed by atoms with Crippen molar-refractivity contribution >= 4 is 40.5 Å². The molecule has 0 aliphatic heterocycles. The Balaban J connectivity index is 1.62. The molecule has 2 atom stereocenters. The fourth-order valence-electron chi connectivity index (χ4n) is 3.15. The number of halogens is 2. The van der Waals surface area contributed by atoms with Crippen LogP contribution in [0, 0.1) is 11.7 Å². The van der Waals surface area contributed by atoms with Gasteiger partial charge in [0.1, 0.15) is 10.7 Å². The van der Waals surface area contributed by atoms with Gasteiger partial charge in [-0.25, -0.2) is 9.18 Å². The monoisotopic (exact) mass is 409 g/mol. The highest BCUT2D eigenvalue weighted by Gasteiger charge is 2.25. The van der Waals surface area contributed by atoms with E-state index in [1.54, 1.807) is 0 Å². The highest BCUT2D eigenvalue weighted by atomic mass is 35.5. The zero-order chi connectivity index (χ0) is 19.6. The molecular formula is C20H21ClFNO3S. The molecule has 2 aromatic rings. The fraction of sp³-hybridized carbons (Fsp3) is 0.400. The van der Waals surface area contributed by atoms with Crippen molar-refractivity contribution < 1.29 is 18.7 Å². The van der Waals surface area contributed by atoms with Gasteiger partial charge in [-0.3, -0.25) is 4.79 Å². The summed E-state index contributed by atoms with van der Waals surface area (Å²) in [4.78, 5) is 26.4. The Kier molecular flexibility index (Phi) is 6.17. The number of rotatable bonds is 5. The van der Waals surface area contributed by atoms with Gasteiger partial charge in [-0.2, -0.15) is 0 Å². The summed E-state index contributed by atoms with van der Waals surface area (Å²) in [6.07, 6.45) is 3.27. The van der Waals surface area contributed by atoms with Crippen molar-refractivity contribution in [2.75, 3.05) is 5.32 Å². The third-order valence-electron chi connectivity index (χ3n) is 4.81. The second-order valence-corrected chi connectivity index (χ2v) is 8.28. The Morgan fingerprint density at radius 3 is 2.89 bits per heavy atom. The number of anilines is 1. The van der Waals surface area contributed by atoms with Crippen LogP contribution in [0.25, 0.3) is 0 Å². The van der Waals surface area contributed by atoms with Crippen molar-refractivity contribution in [3.63, 3.8) is 0 Å². The van der Waals surface area contributed by atoms with Crippen LogP contribution in [-0.2, 0) is 22.4 Å². The van der Waals surface area contributed by atoms with E-state index in [4.69, 9.17) is 16.3 Å². The summed E-state index contributed by atoms with van der Waals surface area (Å²) in [5.74, 6) is -0.856. The zero-order valence-electron chi connectivity index (χ0n) is 15.2. The van der Waals surface area contributed by atoms with Crippen molar-refractivity contribution in [2.45, 2.75) is 45.6 Å². The van der Waals surface area contributed by atoms with E-state index in [0.717, 1.165) is 31.7 Å². The predicted molar refractivity (Wildman–Crippen MR) is 105 cm³/mol. The molecule has 1 aliphatic carbocycles. The number of amides is 1. The SMILES string of the molecule is CC[C@@H]1CCc2sc(C(=O)O[C@H](C)C(=O)Nc3ccc(F)cc3Cl)cc2C1. The van der Waals surface area contributed by atoms with Crippen LogP contribution in [0.1, 0.15) is 46.8 Å². The van der Waals surface area contributed by atoms with E-state index in [9.17, 15) is 14.0 Å². The number of nitrogens with one attached hydrogen (secondary N) is 1. The van der Waals surface area contributed by atoms with Gasteiger partial charge in [-0.1, -0.05) is 24.9 Å². The van der Waals surface area contributed by atoms with E-state index in [2.05, 4.69) is 12.2 Å². The van der Waals surface area contributed by atoms with E-state index >= 15 is 0 Å². The van der Waals surface area contributed by atoms with Crippen molar-refractivity contribution in [2.24, 2.45) is 5.92 Å². The lowest BCUT2D eigenvalue weighted by Crippen LogP contribution is -2.29. The highest BCUT2D eigenvalue weighted by molar-refractivity contribution is 7.14. The Hall–Kier alpha value is -1.92. The molecule has 1 aliphatic rings. The number of fused-ring (bicyclic) bond motifs is 1. The van der Waals surface area contributed by atoms with Crippen LogP contribution in [0.4, 0.5) is 10.1 Å². The molecule has 1 aromatic heterocycles. The fourth-order valence-corrected chi connectivity index (χ4v) is 4.45. The first-order valence-electron chi connectivity index (χ1n) is 8.95. The number of benzene rings is 1. The van der Waals surface area contributed by atoms with Gasteiger partial charge in [-0.15, -0.1) is 11.3 Å². The zero-order valence-corrected chi connectivity index (χ0v) is 16.8. The van der Waals surface area contributed by atoms with Crippen LogP contribution in [0.15, 0.2) is 24.3 Å². The average Bonchev–Trinajstić information content (AvgIpc) is 3.07. The van der Waals surface area contributed by atoms with Gasteiger partial charge in [-0.05, 0) is 61.9 Å². The Morgan fingerprint density at radius 1 is 1.41 bits per heavy atom. The minimum Gasteiger partial charge on any atom is -0.448 e. The summed E-state index contributed by atoms with van der Waals surface area (Å²) in [6, 6.07) is 5.55. The van der Waals surface area contributed by atoms with Gasteiger partial charge in [0.25, 0.3) is 5.91 Å². The number of hydrogen-bond acceptors (Lipinski definition) is 4. The van der Waals surface area contributed by atoms with Crippen molar-refractivity contribution in [3.8, 4) is 0 Å². The van der Waals surface area contributed by atoms with Gasteiger partial charge >= 0.3 is 5.97 Å². The lowest BCUT2D eigenvalue weighted by Gasteiger charge is -2.19. The maximum absolute atomic E-state index is 13.1. The molecule has 0 saturated carbocycles. The first kappa shape index (κ1) is 19.8. The molecule has 3 rings (SSSR count). The maximum atomic E-state index is 13.1. The van der Waals surface area contributed by atoms with Gasteiger partial charge in [0.05, 0.1) is 10.7 Å². The van der Waals surface area contributed by atoms with E-state index in [1.807, 2.05) is 6.07 Å². The first-order chi connectivity index (χ1) is 12.9. The molecule has 144 valence electrons.